The second-order valence-corrected chi connectivity index (χ2v) is 12.4. The molecule has 1 atom stereocenters. The molecule has 0 saturated carbocycles. The molecule has 3 rings (SSSR count). The molecule has 0 aliphatic carbocycles. The number of thiophene rings is 1. The Morgan fingerprint density at radius 3 is 2.35 bits per heavy atom. The second kappa shape index (κ2) is 7.59. The highest BCUT2D eigenvalue weighted by atomic mass is 79.9. The molecule has 1 aliphatic rings. The lowest BCUT2D eigenvalue weighted by atomic mass is 10.1. The summed E-state index contributed by atoms with van der Waals surface area (Å²) in [5, 5.41) is 0. The van der Waals surface area contributed by atoms with Crippen molar-refractivity contribution in [1.82, 2.24) is 4.31 Å². The van der Waals surface area contributed by atoms with Crippen LogP contribution >= 0.6 is 27.3 Å². The number of hydrogen-bond donors (Lipinski definition) is 1. The van der Waals surface area contributed by atoms with Crippen LogP contribution in [0.2, 0.25) is 0 Å². The number of sulfonamides is 2. The van der Waals surface area contributed by atoms with Crippen LogP contribution in [0.3, 0.4) is 0 Å². The lowest BCUT2D eigenvalue weighted by Crippen LogP contribution is -2.41. The molecule has 2 aromatic rings. The minimum Gasteiger partial charge on any atom is -0.279 e. The molecule has 1 aromatic heterocycles. The van der Waals surface area contributed by atoms with Gasteiger partial charge in [-0.05, 0) is 72.1 Å². The molecule has 6 nitrogen and oxygen atoms in total. The van der Waals surface area contributed by atoms with Crippen LogP contribution in [-0.2, 0) is 20.0 Å². The Kier molecular flexibility index (Phi) is 5.78. The van der Waals surface area contributed by atoms with E-state index in [1.165, 1.54) is 34.6 Å². The van der Waals surface area contributed by atoms with Crippen molar-refractivity contribution >= 4 is 53.0 Å². The van der Waals surface area contributed by atoms with Crippen LogP contribution in [0.5, 0.6) is 0 Å². The highest BCUT2D eigenvalue weighted by Crippen LogP contribution is 2.29. The van der Waals surface area contributed by atoms with Gasteiger partial charge in [-0.15, -0.1) is 11.3 Å². The summed E-state index contributed by atoms with van der Waals surface area (Å²) < 4.78 is 55.2. The van der Waals surface area contributed by atoms with E-state index < -0.39 is 20.0 Å². The van der Waals surface area contributed by atoms with Crippen molar-refractivity contribution in [2.24, 2.45) is 0 Å². The smallest absolute Gasteiger partial charge is 0.271 e. The van der Waals surface area contributed by atoms with Crippen LogP contribution in [-0.4, -0.2) is 33.7 Å². The molecule has 2 heterocycles. The van der Waals surface area contributed by atoms with Gasteiger partial charge in [0, 0.05) is 18.3 Å². The summed E-state index contributed by atoms with van der Waals surface area (Å²) in [5.41, 5.74) is 0.320. The Morgan fingerprint density at radius 2 is 1.77 bits per heavy atom. The topological polar surface area (TPSA) is 83.6 Å². The first-order valence-corrected chi connectivity index (χ1v) is 12.6. The average Bonchev–Trinajstić information content (AvgIpc) is 3.03. The van der Waals surface area contributed by atoms with Crippen molar-refractivity contribution in [3.63, 3.8) is 0 Å². The summed E-state index contributed by atoms with van der Waals surface area (Å²) in [6.07, 6.45) is 2.75. The predicted octanol–water partition coefficient (Wildman–Crippen LogP) is 3.87. The van der Waals surface area contributed by atoms with E-state index in [0.717, 1.165) is 34.4 Å². The van der Waals surface area contributed by atoms with Crippen LogP contribution < -0.4 is 4.72 Å². The molecule has 1 aliphatic heterocycles. The normalized spacial score (nSPS) is 19.4. The van der Waals surface area contributed by atoms with Crippen molar-refractivity contribution in [3.8, 4) is 0 Å². The van der Waals surface area contributed by atoms with Crippen LogP contribution in [0.25, 0.3) is 0 Å². The minimum atomic E-state index is -3.69. The molecule has 142 valence electrons. The Balaban J connectivity index is 1.80. The number of halogens is 1. The van der Waals surface area contributed by atoms with E-state index in [2.05, 4.69) is 20.7 Å². The van der Waals surface area contributed by atoms with Gasteiger partial charge in [0.25, 0.3) is 10.0 Å². The van der Waals surface area contributed by atoms with Gasteiger partial charge in [0.15, 0.2) is 0 Å². The average molecular weight is 479 g/mol. The van der Waals surface area contributed by atoms with Gasteiger partial charge in [-0.3, -0.25) is 4.72 Å². The first-order valence-electron chi connectivity index (χ1n) is 8.10. The Morgan fingerprint density at radius 1 is 1.08 bits per heavy atom. The second-order valence-electron chi connectivity index (χ2n) is 6.15. The summed E-state index contributed by atoms with van der Waals surface area (Å²) >= 11 is 4.34. The first-order chi connectivity index (χ1) is 12.2. The Bertz CT molecular complexity index is 985. The fraction of sp³-hybridized carbons (Fsp3) is 0.375. The third kappa shape index (κ3) is 4.14. The van der Waals surface area contributed by atoms with Gasteiger partial charge >= 0.3 is 0 Å². The maximum Gasteiger partial charge on any atom is 0.271 e. The molecule has 1 N–H and O–H groups in total. The van der Waals surface area contributed by atoms with Crippen molar-refractivity contribution in [3.05, 3.63) is 40.2 Å². The number of nitrogens with zero attached hydrogens (tertiary/aromatic N) is 1. The molecule has 0 amide bonds. The molecule has 0 bridgehead atoms. The summed E-state index contributed by atoms with van der Waals surface area (Å²) in [6.45, 7) is 2.43. The quantitative estimate of drug-likeness (QED) is 0.706. The largest absolute Gasteiger partial charge is 0.279 e. The van der Waals surface area contributed by atoms with Gasteiger partial charge in [-0.2, -0.15) is 4.31 Å². The van der Waals surface area contributed by atoms with E-state index in [1.54, 1.807) is 6.07 Å². The van der Waals surface area contributed by atoms with Crippen LogP contribution in [0.4, 0.5) is 5.69 Å². The first kappa shape index (κ1) is 19.8. The summed E-state index contributed by atoms with van der Waals surface area (Å²) in [7, 11) is -7.26. The molecule has 10 heteroatoms. The van der Waals surface area contributed by atoms with E-state index in [0.29, 0.717) is 12.2 Å². The monoisotopic (exact) mass is 478 g/mol. The summed E-state index contributed by atoms with van der Waals surface area (Å²) in [6, 6.07) is 8.98. The number of rotatable bonds is 5. The van der Waals surface area contributed by atoms with Crippen molar-refractivity contribution in [2.45, 2.75) is 41.3 Å². The lowest BCUT2D eigenvalue weighted by Gasteiger charge is -2.32. The van der Waals surface area contributed by atoms with Gasteiger partial charge < -0.3 is 0 Å². The van der Waals surface area contributed by atoms with Gasteiger partial charge in [0.05, 0.1) is 8.68 Å². The third-order valence-electron chi connectivity index (χ3n) is 4.27. The Labute approximate surface area is 166 Å². The van der Waals surface area contributed by atoms with E-state index in [1.807, 2.05) is 6.92 Å². The van der Waals surface area contributed by atoms with E-state index in [4.69, 9.17) is 0 Å². The van der Waals surface area contributed by atoms with Gasteiger partial charge in [-0.25, -0.2) is 16.8 Å². The molecule has 0 radical (unpaired) electrons. The zero-order valence-corrected chi connectivity index (χ0v) is 18.1. The lowest BCUT2D eigenvalue weighted by molar-refractivity contribution is 0.268. The Hall–Kier alpha value is -0.940. The molecular weight excluding hydrogens is 460 g/mol. The number of nitrogens with one attached hydrogen (secondary N) is 1. The highest BCUT2D eigenvalue weighted by molar-refractivity contribution is 9.11. The zero-order valence-electron chi connectivity index (χ0n) is 14.1. The molecule has 1 saturated heterocycles. The minimum absolute atomic E-state index is 0.0239. The van der Waals surface area contributed by atoms with Crippen molar-refractivity contribution in [1.29, 1.82) is 0 Å². The van der Waals surface area contributed by atoms with Crippen LogP contribution in [0.1, 0.15) is 26.2 Å². The van der Waals surface area contributed by atoms with Gasteiger partial charge in [0.1, 0.15) is 4.21 Å². The van der Waals surface area contributed by atoms with Gasteiger partial charge in [-0.1, -0.05) is 6.42 Å². The molecule has 26 heavy (non-hydrogen) atoms. The van der Waals surface area contributed by atoms with Crippen LogP contribution in [0.15, 0.2) is 49.3 Å². The SMILES string of the molecule is CC1CCCCN1S(=O)(=O)c1ccc(NS(=O)(=O)c2ccc(Br)s2)cc1. The molecule has 0 spiro atoms. The van der Waals surface area contributed by atoms with E-state index in [9.17, 15) is 16.8 Å². The highest BCUT2D eigenvalue weighted by Gasteiger charge is 2.30. The van der Waals surface area contributed by atoms with Gasteiger partial charge in [0.2, 0.25) is 10.0 Å². The van der Waals surface area contributed by atoms with Crippen molar-refractivity contribution < 1.29 is 16.8 Å². The summed E-state index contributed by atoms with van der Waals surface area (Å²) in [4.78, 5) is 0.174. The van der Waals surface area contributed by atoms with E-state index >= 15 is 0 Å². The zero-order chi connectivity index (χ0) is 18.9. The third-order valence-corrected chi connectivity index (χ3v) is 9.79. The summed E-state index contributed by atoms with van der Waals surface area (Å²) in [5.74, 6) is 0. The molecule has 1 fully saturated rings. The number of hydrogen-bond acceptors (Lipinski definition) is 5. The molecular formula is C16H19BrN2O4S3. The fourth-order valence-electron chi connectivity index (χ4n) is 2.91. The standard InChI is InChI=1S/C16H19BrN2O4S3/c1-12-4-2-3-11-19(12)26(22,23)14-7-5-13(6-8-14)18-25(20,21)16-10-9-15(17)24-16/h5-10,12,18H,2-4,11H2,1H3. The van der Waals surface area contributed by atoms with Crippen molar-refractivity contribution in [2.75, 3.05) is 11.3 Å². The van der Waals surface area contributed by atoms with E-state index in [-0.39, 0.29) is 15.1 Å². The number of piperidine rings is 1. The predicted molar refractivity (Wildman–Crippen MR) is 106 cm³/mol. The maximum absolute atomic E-state index is 12.8. The number of benzene rings is 1. The molecule has 1 aromatic carbocycles. The number of anilines is 1. The maximum atomic E-state index is 12.8. The van der Waals surface area contributed by atoms with Crippen LogP contribution in [0, 0.1) is 0 Å². The molecule has 1 unspecified atom stereocenters. The fourth-order valence-corrected chi connectivity index (χ4v) is 7.67.